The fourth-order valence-electron chi connectivity index (χ4n) is 4.75. The van der Waals surface area contributed by atoms with E-state index < -0.39 is 77.4 Å². The Morgan fingerprint density at radius 3 is 1.27 bits per heavy atom. The van der Waals surface area contributed by atoms with Crippen LogP contribution in [0, 0.1) is 23.7 Å². The lowest BCUT2D eigenvalue weighted by atomic mass is 9.97. The fraction of sp³-hybridized carbons (Fsp3) is 0.657. The van der Waals surface area contributed by atoms with Crippen molar-refractivity contribution < 1.29 is 38.2 Å². The molecule has 0 bridgehead atoms. The summed E-state index contributed by atoms with van der Waals surface area (Å²) in [6.07, 6.45) is -0.573. The molecule has 0 unspecified atom stereocenters. The van der Waals surface area contributed by atoms with Gasteiger partial charge < -0.3 is 36.1 Å². The molecule has 5 N–H and O–H groups in total. The van der Waals surface area contributed by atoms with Gasteiger partial charge >= 0.3 is 12.1 Å². The van der Waals surface area contributed by atoms with Crippen molar-refractivity contribution in [3.05, 3.63) is 35.9 Å². The van der Waals surface area contributed by atoms with Gasteiger partial charge in [0, 0.05) is 6.42 Å². The zero-order valence-electron chi connectivity index (χ0n) is 30.6. The van der Waals surface area contributed by atoms with Crippen LogP contribution in [-0.2, 0) is 39.9 Å². The molecule has 0 aliphatic rings. The predicted octanol–water partition coefficient (Wildman–Crippen LogP) is 2.86. The third-order valence-corrected chi connectivity index (χ3v) is 7.45. The van der Waals surface area contributed by atoms with Crippen molar-refractivity contribution >= 4 is 35.7 Å². The van der Waals surface area contributed by atoms with Crippen molar-refractivity contribution in [2.45, 2.75) is 118 Å². The topological polar surface area (TPSA) is 181 Å². The summed E-state index contributed by atoms with van der Waals surface area (Å²) in [5.41, 5.74) is 0.0445. The molecule has 5 amide bonds. The van der Waals surface area contributed by atoms with E-state index >= 15 is 0 Å². The predicted molar refractivity (Wildman–Crippen MR) is 182 cm³/mol. The third kappa shape index (κ3) is 13.9. The molecule has 0 heterocycles. The fourth-order valence-corrected chi connectivity index (χ4v) is 4.75. The summed E-state index contributed by atoms with van der Waals surface area (Å²) in [4.78, 5) is 78.9. The Morgan fingerprint density at radius 2 is 0.938 bits per heavy atom. The molecule has 48 heavy (non-hydrogen) atoms. The first-order chi connectivity index (χ1) is 22.2. The van der Waals surface area contributed by atoms with Crippen LogP contribution >= 0.6 is 0 Å². The molecule has 1 rings (SSSR count). The highest BCUT2D eigenvalue weighted by Gasteiger charge is 2.36. The Bertz CT molecular complexity index is 1240. The molecule has 0 fully saturated rings. The number of benzene rings is 1. The molecule has 1 aromatic rings. The zero-order valence-corrected chi connectivity index (χ0v) is 30.6. The van der Waals surface area contributed by atoms with Crippen LogP contribution < -0.4 is 26.6 Å². The lowest BCUT2D eigenvalue weighted by Gasteiger charge is -2.31. The molecule has 13 nitrogen and oxygen atoms in total. The standard InChI is InChI=1S/C35H57N5O8/c1-19(2)25(29(41)36-24(33(45)47-12)18-23-16-14-13-15-17-23)37-30(42)26(20(3)4)38-31(43)27(21(5)6)39-32(44)28(22(7)8)40-34(46)48-35(9,10)11/h13-17,19-22,24-28H,18H2,1-12H3,(H,36,41)(H,37,42)(H,38,43)(H,39,44)(H,40,46)/t24-,25-,26+,27-,28-/m0/s1. The molecular weight excluding hydrogens is 618 g/mol. The molecule has 13 heteroatoms. The van der Waals surface area contributed by atoms with Gasteiger partial charge in [-0.15, -0.1) is 0 Å². The summed E-state index contributed by atoms with van der Waals surface area (Å²) < 4.78 is 10.2. The smallest absolute Gasteiger partial charge is 0.408 e. The molecule has 0 radical (unpaired) electrons. The number of rotatable bonds is 16. The van der Waals surface area contributed by atoms with Crippen LogP contribution in [0.4, 0.5) is 4.79 Å². The van der Waals surface area contributed by atoms with Crippen LogP contribution in [0.25, 0.3) is 0 Å². The van der Waals surface area contributed by atoms with Gasteiger partial charge in [-0.2, -0.15) is 0 Å². The van der Waals surface area contributed by atoms with E-state index in [4.69, 9.17) is 9.47 Å². The lowest BCUT2D eigenvalue weighted by molar-refractivity contribution is -0.145. The minimum Gasteiger partial charge on any atom is -0.467 e. The number of carbonyl (C=O) groups is 6. The minimum absolute atomic E-state index is 0.190. The van der Waals surface area contributed by atoms with Crippen LogP contribution in [0.5, 0.6) is 0 Å². The number of ether oxygens (including phenoxy) is 2. The third-order valence-electron chi connectivity index (χ3n) is 7.45. The Hall–Kier alpha value is -4.16. The molecule has 0 saturated carbocycles. The van der Waals surface area contributed by atoms with Crippen molar-refractivity contribution in [2.75, 3.05) is 7.11 Å². The Labute approximate surface area is 285 Å². The van der Waals surface area contributed by atoms with Gasteiger partial charge in [0.25, 0.3) is 0 Å². The van der Waals surface area contributed by atoms with Gasteiger partial charge in [0.15, 0.2) is 0 Å². The van der Waals surface area contributed by atoms with Crippen molar-refractivity contribution in [2.24, 2.45) is 23.7 Å². The molecule has 0 spiro atoms. The number of methoxy groups -OCH3 is 1. The highest BCUT2D eigenvalue weighted by Crippen LogP contribution is 2.13. The van der Waals surface area contributed by atoms with Crippen molar-refractivity contribution in [1.29, 1.82) is 0 Å². The lowest BCUT2D eigenvalue weighted by Crippen LogP contribution is -2.62. The Kier molecular flexibility index (Phi) is 16.6. The largest absolute Gasteiger partial charge is 0.467 e. The second kappa shape index (κ2) is 19.0. The van der Waals surface area contributed by atoms with E-state index in [2.05, 4.69) is 26.6 Å². The zero-order chi connectivity index (χ0) is 36.9. The van der Waals surface area contributed by atoms with Crippen LogP contribution in [0.3, 0.4) is 0 Å². The van der Waals surface area contributed by atoms with E-state index in [1.807, 2.05) is 30.3 Å². The summed E-state index contributed by atoms with van der Waals surface area (Å²) in [6, 6.07) is 4.02. The number of carbonyl (C=O) groups excluding carboxylic acids is 6. The first-order valence-electron chi connectivity index (χ1n) is 16.5. The number of hydrogen-bond acceptors (Lipinski definition) is 8. The Balaban J connectivity index is 3.11. The normalized spacial score (nSPS) is 14.8. The van der Waals surface area contributed by atoms with Gasteiger partial charge in [-0.1, -0.05) is 85.7 Å². The van der Waals surface area contributed by atoms with E-state index in [0.29, 0.717) is 0 Å². The number of amides is 5. The van der Waals surface area contributed by atoms with Crippen LogP contribution in [0.15, 0.2) is 30.3 Å². The van der Waals surface area contributed by atoms with Gasteiger partial charge in [-0.05, 0) is 50.0 Å². The van der Waals surface area contributed by atoms with E-state index in [0.717, 1.165) is 5.56 Å². The Morgan fingerprint density at radius 1 is 0.583 bits per heavy atom. The molecule has 270 valence electrons. The summed E-state index contributed by atoms with van der Waals surface area (Å²) in [5, 5.41) is 13.5. The first kappa shape index (κ1) is 41.9. The summed E-state index contributed by atoms with van der Waals surface area (Å²) in [6.45, 7) is 19.1. The maximum absolute atomic E-state index is 13.6. The molecular formula is C35H57N5O8. The van der Waals surface area contributed by atoms with Gasteiger partial charge in [0.1, 0.15) is 35.8 Å². The molecule has 0 aliphatic carbocycles. The number of hydrogen-bond donors (Lipinski definition) is 5. The van der Waals surface area contributed by atoms with Gasteiger partial charge in [0.05, 0.1) is 7.11 Å². The number of esters is 1. The number of nitrogens with one attached hydrogen (secondary N) is 5. The van der Waals surface area contributed by atoms with Crippen LogP contribution in [0.2, 0.25) is 0 Å². The maximum atomic E-state index is 13.6. The van der Waals surface area contributed by atoms with E-state index in [9.17, 15) is 28.8 Å². The second-order valence-corrected chi connectivity index (χ2v) is 14.3. The highest BCUT2D eigenvalue weighted by molar-refractivity contribution is 5.96. The van der Waals surface area contributed by atoms with Crippen LogP contribution in [-0.4, -0.2) is 78.6 Å². The van der Waals surface area contributed by atoms with Gasteiger partial charge in [-0.3, -0.25) is 19.2 Å². The SMILES string of the molecule is COC(=O)[C@H](Cc1ccccc1)NC(=O)[C@@H](NC(=O)[C@H](NC(=O)[C@@H](NC(=O)[C@@H](NC(=O)OC(C)(C)C)C(C)C)C(C)C)C(C)C)C(C)C. The highest BCUT2D eigenvalue weighted by atomic mass is 16.6. The minimum atomic E-state index is -1.06. The molecule has 1 aromatic carbocycles. The first-order valence-corrected chi connectivity index (χ1v) is 16.5. The molecule has 5 atom stereocenters. The van der Waals surface area contributed by atoms with Crippen molar-refractivity contribution in [3.63, 3.8) is 0 Å². The molecule has 0 saturated heterocycles. The van der Waals surface area contributed by atoms with Crippen molar-refractivity contribution in [1.82, 2.24) is 26.6 Å². The average Bonchev–Trinajstić information content (AvgIpc) is 2.97. The summed E-state index contributed by atoms with van der Waals surface area (Å²) in [5.74, 6) is -4.48. The van der Waals surface area contributed by atoms with E-state index in [-0.39, 0.29) is 24.2 Å². The summed E-state index contributed by atoms with van der Waals surface area (Å²) in [7, 11) is 1.23. The van der Waals surface area contributed by atoms with Crippen LogP contribution in [0.1, 0.15) is 81.7 Å². The average molecular weight is 676 g/mol. The van der Waals surface area contributed by atoms with E-state index in [1.165, 1.54) is 7.11 Å². The second-order valence-electron chi connectivity index (χ2n) is 14.3. The monoisotopic (exact) mass is 675 g/mol. The number of alkyl carbamates (subject to hydrolysis) is 1. The maximum Gasteiger partial charge on any atom is 0.408 e. The molecule has 0 aromatic heterocycles. The van der Waals surface area contributed by atoms with Gasteiger partial charge in [-0.25, -0.2) is 9.59 Å². The quantitative estimate of drug-likeness (QED) is 0.166. The van der Waals surface area contributed by atoms with Crippen molar-refractivity contribution in [3.8, 4) is 0 Å². The summed E-state index contributed by atoms with van der Waals surface area (Å²) >= 11 is 0. The van der Waals surface area contributed by atoms with E-state index in [1.54, 1.807) is 76.2 Å². The van der Waals surface area contributed by atoms with Gasteiger partial charge in [0.2, 0.25) is 23.6 Å². The molecule has 0 aliphatic heterocycles.